The van der Waals surface area contributed by atoms with E-state index in [1.165, 1.54) is 28.6 Å². The molecule has 0 saturated heterocycles. The van der Waals surface area contributed by atoms with Crippen LogP contribution in [0.3, 0.4) is 0 Å². The van der Waals surface area contributed by atoms with E-state index in [4.69, 9.17) is 5.11 Å². The lowest BCUT2D eigenvalue weighted by Crippen LogP contribution is -2.25. The first-order valence-corrected chi connectivity index (χ1v) is 8.61. The molecule has 1 aromatic heterocycles. The van der Waals surface area contributed by atoms with Gasteiger partial charge in [0.2, 0.25) is 10.0 Å². The van der Waals surface area contributed by atoms with Crippen molar-refractivity contribution in [2.75, 3.05) is 18.6 Å². The van der Waals surface area contributed by atoms with Gasteiger partial charge < -0.3 is 9.67 Å². The second kappa shape index (κ2) is 6.44. The van der Waals surface area contributed by atoms with Gasteiger partial charge in [-0.1, -0.05) is 0 Å². The molecular weight excluding hydrogens is 288 g/mol. The summed E-state index contributed by atoms with van der Waals surface area (Å²) in [5, 5.41) is 9.07. The van der Waals surface area contributed by atoms with E-state index in [0.29, 0.717) is 12.3 Å². The van der Waals surface area contributed by atoms with Gasteiger partial charge >= 0.3 is 5.97 Å². The molecule has 0 aliphatic heterocycles. The highest BCUT2D eigenvalue weighted by atomic mass is 32.2. The zero-order chi connectivity index (χ0) is 14.6. The number of rotatable bonds is 7. The molecule has 0 aliphatic carbocycles. The maximum absolute atomic E-state index is 12.0. The van der Waals surface area contributed by atoms with Crippen LogP contribution in [0, 0.1) is 0 Å². The number of hydrogen-bond acceptors (Lipinski definition) is 4. The Balaban J connectivity index is 3.08. The molecule has 19 heavy (non-hydrogen) atoms. The summed E-state index contributed by atoms with van der Waals surface area (Å²) in [6.45, 7) is 3.91. The third kappa shape index (κ3) is 3.99. The van der Waals surface area contributed by atoms with Gasteiger partial charge in [0.1, 0.15) is 10.6 Å². The van der Waals surface area contributed by atoms with Crippen LogP contribution in [0.4, 0.5) is 0 Å². The number of carbonyl (C=O) groups is 1. The fraction of sp³-hybridized carbons (Fsp3) is 0.545. The minimum Gasteiger partial charge on any atom is -0.477 e. The molecule has 0 radical (unpaired) electrons. The Labute approximate surface area is 117 Å². The summed E-state index contributed by atoms with van der Waals surface area (Å²) >= 11 is 1.53. The third-order valence-electron chi connectivity index (χ3n) is 2.51. The van der Waals surface area contributed by atoms with Crippen LogP contribution in [-0.4, -0.2) is 42.6 Å². The number of hydrogen-bond donors (Lipinski definition) is 2. The van der Waals surface area contributed by atoms with Gasteiger partial charge in [0, 0.05) is 24.5 Å². The van der Waals surface area contributed by atoms with E-state index >= 15 is 0 Å². The molecule has 0 aliphatic rings. The molecule has 0 atom stereocenters. The van der Waals surface area contributed by atoms with Gasteiger partial charge in [-0.3, -0.25) is 0 Å². The van der Waals surface area contributed by atoms with Crippen LogP contribution in [-0.2, 0) is 10.0 Å². The maximum Gasteiger partial charge on any atom is 0.352 e. The summed E-state index contributed by atoms with van der Waals surface area (Å²) in [6.07, 6.45) is 3.24. The van der Waals surface area contributed by atoms with Crippen molar-refractivity contribution < 1.29 is 18.3 Å². The Morgan fingerprint density at radius 1 is 1.53 bits per heavy atom. The molecule has 8 heteroatoms. The molecule has 1 heterocycles. The number of nitrogens with zero attached hydrogens (tertiary/aromatic N) is 1. The first-order chi connectivity index (χ1) is 8.79. The molecule has 1 aromatic rings. The zero-order valence-corrected chi connectivity index (χ0v) is 12.7. The van der Waals surface area contributed by atoms with Crippen molar-refractivity contribution in [3.63, 3.8) is 0 Å². The summed E-state index contributed by atoms with van der Waals surface area (Å²) < 4.78 is 27.9. The Kier molecular flexibility index (Phi) is 5.45. The van der Waals surface area contributed by atoms with E-state index in [-0.39, 0.29) is 16.6 Å². The van der Waals surface area contributed by atoms with Crippen molar-refractivity contribution in [3.05, 3.63) is 18.0 Å². The summed E-state index contributed by atoms with van der Waals surface area (Å²) in [4.78, 5) is 11.1. The highest BCUT2D eigenvalue weighted by Crippen LogP contribution is 2.18. The van der Waals surface area contributed by atoms with E-state index in [2.05, 4.69) is 4.72 Å². The van der Waals surface area contributed by atoms with Gasteiger partial charge in [-0.05, 0) is 26.2 Å². The van der Waals surface area contributed by atoms with Crippen molar-refractivity contribution in [1.82, 2.24) is 9.29 Å². The molecule has 0 saturated carbocycles. The lowest BCUT2D eigenvalue weighted by atomic mass is 10.3. The van der Waals surface area contributed by atoms with Gasteiger partial charge in [-0.2, -0.15) is 11.8 Å². The average molecular weight is 306 g/mol. The molecule has 0 aromatic carbocycles. The molecule has 0 spiro atoms. The van der Waals surface area contributed by atoms with E-state index in [9.17, 15) is 13.2 Å². The van der Waals surface area contributed by atoms with E-state index in [1.54, 1.807) is 13.8 Å². The monoisotopic (exact) mass is 306 g/mol. The maximum atomic E-state index is 12.0. The number of aromatic carboxylic acids is 1. The zero-order valence-electron chi connectivity index (χ0n) is 11.1. The summed E-state index contributed by atoms with van der Waals surface area (Å²) in [5.41, 5.74) is -0.0276. The Morgan fingerprint density at radius 2 is 2.16 bits per heavy atom. The van der Waals surface area contributed by atoms with Crippen LogP contribution in [0.15, 0.2) is 17.2 Å². The fourth-order valence-electron chi connectivity index (χ4n) is 1.56. The van der Waals surface area contributed by atoms with Crippen LogP contribution in [0.2, 0.25) is 0 Å². The standard InChI is InChI=1S/C11H18N2O4S2/c1-8(2)13-7-9(6-10(13)11(14)15)19(16,17)12-4-5-18-3/h6-8,12H,4-5H2,1-3H3,(H,14,15). The fourth-order valence-corrected chi connectivity index (χ4v) is 3.05. The number of nitrogens with one attached hydrogen (secondary N) is 1. The van der Waals surface area contributed by atoms with E-state index < -0.39 is 16.0 Å². The lowest BCUT2D eigenvalue weighted by Gasteiger charge is -2.09. The number of carboxylic acid groups (broad SMARTS) is 1. The Morgan fingerprint density at radius 3 is 2.58 bits per heavy atom. The van der Waals surface area contributed by atoms with Crippen LogP contribution in [0.5, 0.6) is 0 Å². The van der Waals surface area contributed by atoms with Crippen molar-refractivity contribution in [1.29, 1.82) is 0 Å². The highest BCUT2D eigenvalue weighted by molar-refractivity contribution is 7.98. The van der Waals surface area contributed by atoms with Crippen molar-refractivity contribution in [2.45, 2.75) is 24.8 Å². The number of carboxylic acids is 1. The summed E-state index contributed by atoms with van der Waals surface area (Å²) in [7, 11) is -3.65. The second-order valence-corrected chi connectivity index (χ2v) is 7.01. The lowest BCUT2D eigenvalue weighted by molar-refractivity contribution is 0.0683. The highest BCUT2D eigenvalue weighted by Gasteiger charge is 2.21. The van der Waals surface area contributed by atoms with Crippen LogP contribution in [0.25, 0.3) is 0 Å². The molecule has 0 amide bonds. The van der Waals surface area contributed by atoms with E-state index in [1.807, 2.05) is 6.26 Å². The molecule has 0 unspecified atom stereocenters. The molecular formula is C11H18N2O4S2. The SMILES string of the molecule is CSCCNS(=O)(=O)c1cc(C(=O)O)n(C(C)C)c1. The third-order valence-corrected chi connectivity index (χ3v) is 4.55. The smallest absolute Gasteiger partial charge is 0.352 e. The normalized spacial score (nSPS) is 12.0. The van der Waals surface area contributed by atoms with E-state index in [0.717, 1.165) is 0 Å². The summed E-state index contributed by atoms with van der Waals surface area (Å²) in [5.74, 6) is -0.477. The van der Waals surface area contributed by atoms with Gasteiger partial charge in [0.25, 0.3) is 0 Å². The number of thioether (sulfide) groups is 1. The Bertz CT molecular complexity index is 549. The van der Waals surface area contributed by atoms with Crippen LogP contribution < -0.4 is 4.72 Å². The average Bonchev–Trinajstić information content (AvgIpc) is 2.74. The predicted octanol–water partition coefficient (Wildman–Crippen LogP) is 1.41. The quantitative estimate of drug-likeness (QED) is 0.744. The first kappa shape index (κ1) is 16.1. The number of sulfonamides is 1. The molecule has 108 valence electrons. The van der Waals surface area contributed by atoms with Gasteiger partial charge in [-0.15, -0.1) is 0 Å². The van der Waals surface area contributed by atoms with Gasteiger partial charge in [0.05, 0.1) is 0 Å². The van der Waals surface area contributed by atoms with Crippen molar-refractivity contribution >= 4 is 27.8 Å². The summed E-state index contributed by atoms with van der Waals surface area (Å²) in [6, 6.07) is 1.06. The van der Waals surface area contributed by atoms with Gasteiger partial charge in [0.15, 0.2) is 0 Å². The van der Waals surface area contributed by atoms with Crippen molar-refractivity contribution in [3.8, 4) is 0 Å². The first-order valence-electron chi connectivity index (χ1n) is 5.73. The molecule has 6 nitrogen and oxygen atoms in total. The molecule has 1 rings (SSSR count). The molecule has 0 fully saturated rings. The van der Waals surface area contributed by atoms with Gasteiger partial charge in [-0.25, -0.2) is 17.9 Å². The minimum absolute atomic E-state index is 0.0142. The van der Waals surface area contributed by atoms with Crippen LogP contribution >= 0.6 is 11.8 Å². The molecule has 0 bridgehead atoms. The Hall–Kier alpha value is -0.990. The predicted molar refractivity (Wildman–Crippen MR) is 75.3 cm³/mol. The molecule has 2 N–H and O–H groups in total. The number of aromatic nitrogens is 1. The second-order valence-electron chi connectivity index (χ2n) is 4.26. The van der Waals surface area contributed by atoms with Crippen molar-refractivity contribution in [2.24, 2.45) is 0 Å². The topological polar surface area (TPSA) is 88.4 Å². The van der Waals surface area contributed by atoms with Crippen LogP contribution in [0.1, 0.15) is 30.4 Å². The minimum atomic E-state index is -3.65. The largest absolute Gasteiger partial charge is 0.477 e.